The van der Waals surface area contributed by atoms with Crippen LogP contribution in [-0.2, 0) is 4.74 Å². The summed E-state index contributed by atoms with van der Waals surface area (Å²) in [4.78, 5) is 2.43. The van der Waals surface area contributed by atoms with Crippen molar-refractivity contribution in [1.82, 2.24) is 4.90 Å². The third-order valence-electron chi connectivity index (χ3n) is 3.55. The largest absolute Gasteiger partial charge is 0.381 e. The molecular weight excluding hydrogens is 220 g/mol. The third-order valence-corrected chi connectivity index (χ3v) is 4.19. The van der Waals surface area contributed by atoms with Gasteiger partial charge < -0.3 is 15.4 Å². The van der Waals surface area contributed by atoms with E-state index in [2.05, 4.69) is 25.1 Å². The standard InChI is InChI=1S/C12H26N2OS/c1-10(5-7-16-3)14(2)8-11-9-15-6-4-12(11)13/h10-12H,4-9,13H2,1-3H3. The van der Waals surface area contributed by atoms with Crippen LogP contribution in [0.1, 0.15) is 19.8 Å². The molecule has 4 heteroatoms. The average molecular weight is 246 g/mol. The highest BCUT2D eigenvalue weighted by molar-refractivity contribution is 7.98. The molecule has 0 aromatic carbocycles. The fourth-order valence-corrected chi connectivity index (χ4v) is 2.64. The van der Waals surface area contributed by atoms with Crippen LogP contribution in [0.25, 0.3) is 0 Å². The summed E-state index contributed by atoms with van der Waals surface area (Å²) in [5.41, 5.74) is 6.12. The molecule has 96 valence electrons. The van der Waals surface area contributed by atoms with Crippen LogP contribution in [0.5, 0.6) is 0 Å². The molecule has 16 heavy (non-hydrogen) atoms. The molecule has 3 nitrogen and oxygen atoms in total. The van der Waals surface area contributed by atoms with E-state index < -0.39 is 0 Å². The van der Waals surface area contributed by atoms with Gasteiger partial charge in [0.25, 0.3) is 0 Å². The smallest absolute Gasteiger partial charge is 0.0521 e. The lowest BCUT2D eigenvalue weighted by Gasteiger charge is -2.34. The van der Waals surface area contributed by atoms with Crippen LogP contribution >= 0.6 is 11.8 Å². The first-order valence-electron chi connectivity index (χ1n) is 6.17. The number of nitrogens with two attached hydrogens (primary N) is 1. The number of hydrogen-bond acceptors (Lipinski definition) is 4. The molecule has 1 rings (SSSR count). The van der Waals surface area contributed by atoms with Crippen molar-refractivity contribution in [3.05, 3.63) is 0 Å². The topological polar surface area (TPSA) is 38.5 Å². The summed E-state index contributed by atoms with van der Waals surface area (Å²) < 4.78 is 5.50. The van der Waals surface area contributed by atoms with E-state index in [9.17, 15) is 0 Å². The Morgan fingerprint density at radius 3 is 2.94 bits per heavy atom. The quantitative estimate of drug-likeness (QED) is 0.769. The van der Waals surface area contributed by atoms with Crippen molar-refractivity contribution in [3.63, 3.8) is 0 Å². The Bertz CT molecular complexity index is 192. The predicted octanol–water partition coefficient (Wildman–Crippen LogP) is 1.42. The molecule has 1 aliphatic rings. The molecule has 3 unspecified atom stereocenters. The first-order valence-corrected chi connectivity index (χ1v) is 7.57. The predicted molar refractivity (Wildman–Crippen MR) is 72.0 cm³/mol. The molecular formula is C12H26N2OS. The Hall–Kier alpha value is 0.230. The van der Waals surface area contributed by atoms with Crippen LogP contribution in [0.15, 0.2) is 0 Å². The first kappa shape index (κ1) is 14.3. The van der Waals surface area contributed by atoms with Crippen LogP contribution in [0.3, 0.4) is 0 Å². The molecule has 0 bridgehead atoms. The van der Waals surface area contributed by atoms with Gasteiger partial charge in [-0.3, -0.25) is 0 Å². The van der Waals surface area contributed by atoms with Crippen LogP contribution in [0, 0.1) is 5.92 Å². The zero-order valence-electron chi connectivity index (χ0n) is 10.8. The second-order valence-electron chi connectivity index (χ2n) is 4.86. The van der Waals surface area contributed by atoms with Crippen molar-refractivity contribution >= 4 is 11.8 Å². The summed E-state index contributed by atoms with van der Waals surface area (Å²) in [6.07, 6.45) is 4.43. The van der Waals surface area contributed by atoms with E-state index in [0.717, 1.165) is 26.2 Å². The molecule has 2 N–H and O–H groups in total. The first-order chi connectivity index (χ1) is 7.65. The van der Waals surface area contributed by atoms with Gasteiger partial charge in [0, 0.05) is 31.2 Å². The van der Waals surface area contributed by atoms with E-state index in [1.165, 1.54) is 12.2 Å². The normalized spacial score (nSPS) is 28.3. The van der Waals surface area contributed by atoms with E-state index >= 15 is 0 Å². The monoisotopic (exact) mass is 246 g/mol. The second kappa shape index (κ2) is 7.54. The summed E-state index contributed by atoms with van der Waals surface area (Å²) in [5.74, 6) is 1.74. The van der Waals surface area contributed by atoms with Gasteiger partial charge >= 0.3 is 0 Å². The maximum Gasteiger partial charge on any atom is 0.0521 e. The van der Waals surface area contributed by atoms with Gasteiger partial charge in [-0.25, -0.2) is 0 Å². The van der Waals surface area contributed by atoms with E-state index in [4.69, 9.17) is 10.5 Å². The molecule has 1 heterocycles. The third kappa shape index (κ3) is 4.62. The number of rotatable bonds is 6. The molecule has 1 saturated heterocycles. The molecule has 1 fully saturated rings. The van der Waals surface area contributed by atoms with E-state index in [1.807, 2.05) is 11.8 Å². The fourth-order valence-electron chi connectivity index (χ4n) is 2.06. The minimum absolute atomic E-state index is 0.323. The summed E-state index contributed by atoms with van der Waals surface area (Å²) in [6, 6.07) is 0.963. The number of hydrogen-bond donors (Lipinski definition) is 1. The maximum absolute atomic E-state index is 6.12. The Labute approximate surface area is 104 Å². The van der Waals surface area contributed by atoms with Crippen molar-refractivity contribution in [1.29, 1.82) is 0 Å². The Morgan fingerprint density at radius 1 is 1.56 bits per heavy atom. The molecule has 0 aromatic heterocycles. The second-order valence-corrected chi connectivity index (χ2v) is 5.84. The average Bonchev–Trinajstić information content (AvgIpc) is 2.28. The van der Waals surface area contributed by atoms with Gasteiger partial charge in [-0.1, -0.05) is 0 Å². The van der Waals surface area contributed by atoms with Gasteiger partial charge in [0.2, 0.25) is 0 Å². The molecule has 0 aromatic rings. The lowest BCUT2D eigenvalue weighted by Crippen LogP contribution is -2.46. The summed E-state index contributed by atoms with van der Waals surface area (Å²) in [6.45, 7) is 5.03. The highest BCUT2D eigenvalue weighted by Gasteiger charge is 2.24. The highest BCUT2D eigenvalue weighted by Crippen LogP contribution is 2.16. The van der Waals surface area contributed by atoms with E-state index in [0.29, 0.717) is 18.0 Å². The molecule has 3 atom stereocenters. The van der Waals surface area contributed by atoms with Gasteiger partial charge in [-0.15, -0.1) is 0 Å². The van der Waals surface area contributed by atoms with E-state index in [-0.39, 0.29) is 0 Å². The van der Waals surface area contributed by atoms with Crippen LogP contribution in [0.4, 0.5) is 0 Å². The van der Waals surface area contributed by atoms with Crippen molar-refractivity contribution in [2.24, 2.45) is 11.7 Å². The molecule has 0 saturated carbocycles. The summed E-state index contributed by atoms with van der Waals surface area (Å²) in [5, 5.41) is 0. The number of thioether (sulfide) groups is 1. The number of ether oxygens (including phenoxy) is 1. The highest BCUT2D eigenvalue weighted by atomic mass is 32.2. The lowest BCUT2D eigenvalue weighted by molar-refractivity contribution is 0.0248. The van der Waals surface area contributed by atoms with Crippen LogP contribution in [-0.4, -0.2) is 55.8 Å². The van der Waals surface area contributed by atoms with E-state index in [1.54, 1.807) is 0 Å². The van der Waals surface area contributed by atoms with Crippen molar-refractivity contribution in [3.8, 4) is 0 Å². The zero-order valence-corrected chi connectivity index (χ0v) is 11.6. The van der Waals surface area contributed by atoms with Gasteiger partial charge in [0.1, 0.15) is 0 Å². The van der Waals surface area contributed by atoms with Crippen LogP contribution < -0.4 is 5.73 Å². The lowest BCUT2D eigenvalue weighted by atomic mass is 9.95. The number of nitrogens with zero attached hydrogens (tertiary/aromatic N) is 1. The Kier molecular flexibility index (Phi) is 6.73. The van der Waals surface area contributed by atoms with Gasteiger partial charge in [0.05, 0.1) is 6.61 Å². The fraction of sp³-hybridized carbons (Fsp3) is 1.00. The van der Waals surface area contributed by atoms with Gasteiger partial charge in [-0.05, 0) is 38.8 Å². The SMILES string of the molecule is CSCCC(C)N(C)CC1COCCC1N. The molecule has 0 aliphatic carbocycles. The van der Waals surface area contributed by atoms with Gasteiger partial charge in [-0.2, -0.15) is 11.8 Å². The van der Waals surface area contributed by atoms with Crippen molar-refractivity contribution in [2.75, 3.05) is 38.8 Å². The minimum atomic E-state index is 0.323. The van der Waals surface area contributed by atoms with Crippen molar-refractivity contribution in [2.45, 2.75) is 31.8 Å². The maximum atomic E-state index is 6.12. The summed E-state index contributed by atoms with van der Waals surface area (Å²) >= 11 is 1.92. The molecule has 0 spiro atoms. The molecule has 1 aliphatic heterocycles. The van der Waals surface area contributed by atoms with Gasteiger partial charge in [0.15, 0.2) is 0 Å². The zero-order chi connectivity index (χ0) is 12.0. The van der Waals surface area contributed by atoms with Crippen LogP contribution in [0.2, 0.25) is 0 Å². The Morgan fingerprint density at radius 2 is 2.31 bits per heavy atom. The Balaban J connectivity index is 2.28. The van der Waals surface area contributed by atoms with Crippen molar-refractivity contribution < 1.29 is 4.74 Å². The molecule has 0 amide bonds. The summed E-state index contributed by atoms with van der Waals surface area (Å²) in [7, 11) is 2.20. The molecule has 0 radical (unpaired) electrons. The minimum Gasteiger partial charge on any atom is -0.381 e.